The number of amides is 1. The molecule has 7 nitrogen and oxygen atoms in total. The van der Waals surface area contributed by atoms with Gasteiger partial charge in [-0.2, -0.15) is 0 Å². The summed E-state index contributed by atoms with van der Waals surface area (Å²) in [5.74, 6) is -0.794. The minimum Gasteiger partial charge on any atom is -0.449 e. The lowest BCUT2D eigenvalue weighted by Gasteiger charge is -2.28. The molecule has 0 aromatic heterocycles. The number of piperidine rings is 1. The number of nitrogens with zero attached hydrogens (tertiary/aromatic N) is 2. The molecular weight excluding hydrogens is 312 g/mol. The quantitative estimate of drug-likeness (QED) is 0.358. The van der Waals surface area contributed by atoms with Gasteiger partial charge in [0.2, 0.25) is 0 Å². The molecule has 0 bridgehead atoms. The van der Waals surface area contributed by atoms with E-state index in [9.17, 15) is 19.7 Å². The van der Waals surface area contributed by atoms with Crippen LogP contribution in [0.2, 0.25) is 0 Å². The minimum atomic E-state index is -0.822. The predicted molar refractivity (Wildman–Crippen MR) is 88.1 cm³/mol. The maximum Gasteiger partial charge on any atom is 0.331 e. The summed E-state index contributed by atoms with van der Waals surface area (Å²) < 4.78 is 5.12. The first kappa shape index (κ1) is 17.7. The van der Waals surface area contributed by atoms with E-state index in [1.54, 1.807) is 11.8 Å². The standard InChI is InChI=1S/C17H20N2O5/c1-13(17(21)18-11-3-2-4-12-18)24-16(20)10-7-14-5-8-15(9-6-14)19(22)23/h5-10,13H,2-4,11-12H2,1H3/b10-7+/t13-/m1/s1. The van der Waals surface area contributed by atoms with Crippen molar-refractivity contribution < 1.29 is 19.2 Å². The summed E-state index contributed by atoms with van der Waals surface area (Å²) in [6.45, 7) is 2.98. The molecule has 24 heavy (non-hydrogen) atoms. The SMILES string of the molecule is C[C@@H](OC(=O)/C=C/c1ccc([N+](=O)[O-])cc1)C(=O)N1CCCCC1. The summed E-state index contributed by atoms with van der Waals surface area (Å²) in [5.41, 5.74) is 0.614. The molecule has 0 saturated carbocycles. The number of esters is 1. The third-order valence-corrected chi connectivity index (χ3v) is 3.82. The molecule has 1 aliphatic heterocycles. The normalized spacial score (nSPS) is 16.0. The van der Waals surface area contributed by atoms with Gasteiger partial charge < -0.3 is 9.64 Å². The van der Waals surface area contributed by atoms with Crippen molar-refractivity contribution in [1.29, 1.82) is 0 Å². The van der Waals surface area contributed by atoms with Gasteiger partial charge in [-0.05, 0) is 50.0 Å². The van der Waals surface area contributed by atoms with E-state index in [2.05, 4.69) is 0 Å². The van der Waals surface area contributed by atoms with Gasteiger partial charge in [0.05, 0.1) is 4.92 Å². The van der Waals surface area contributed by atoms with E-state index in [4.69, 9.17) is 4.74 Å². The van der Waals surface area contributed by atoms with Crippen LogP contribution in [-0.2, 0) is 14.3 Å². The van der Waals surface area contributed by atoms with Crippen molar-refractivity contribution in [3.8, 4) is 0 Å². The highest BCUT2D eigenvalue weighted by molar-refractivity contribution is 5.90. The Morgan fingerprint density at radius 2 is 1.83 bits per heavy atom. The average Bonchev–Trinajstić information content (AvgIpc) is 2.60. The topological polar surface area (TPSA) is 89.7 Å². The highest BCUT2D eigenvalue weighted by Gasteiger charge is 2.24. The molecule has 0 spiro atoms. The molecule has 1 aromatic carbocycles. The van der Waals surface area contributed by atoms with Gasteiger partial charge in [0.1, 0.15) is 0 Å². The van der Waals surface area contributed by atoms with Crippen molar-refractivity contribution >= 4 is 23.6 Å². The Bertz CT molecular complexity index is 633. The van der Waals surface area contributed by atoms with Crippen molar-refractivity contribution in [3.05, 3.63) is 46.0 Å². The monoisotopic (exact) mass is 332 g/mol. The maximum atomic E-state index is 12.2. The van der Waals surface area contributed by atoms with Gasteiger partial charge in [-0.3, -0.25) is 14.9 Å². The highest BCUT2D eigenvalue weighted by atomic mass is 16.6. The first-order valence-electron chi connectivity index (χ1n) is 7.89. The summed E-state index contributed by atoms with van der Waals surface area (Å²) in [7, 11) is 0. The maximum absolute atomic E-state index is 12.2. The molecule has 2 rings (SSSR count). The second-order valence-electron chi connectivity index (χ2n) is 5.65. The Morgan fingerprint density at radius 1 is 1.21 bits per heavy atom. The Morgan fingerprint density at radius 3 is 2.42 bits per heavy atom. The third-order valence-electron chi connectivity index (χ3n) is 3.82. The van der Waals surface area contributed by atoms with Crippen LogP contribution < -0.4 is 0 Å². The van der Waals surface area contributed by atoms with Crippen molar-refractivity contribution in [2.24, 2.45) is 0 Å². The minimum absolute atomic E-state index is 0.0181. The lowest BCUT2D eigenvalue weighted by atomic mass is 10.1. The van der Waals surface area contributed by atoms with Crippen LogP contribution >= 0.6 is 0 Å². The van der Waals surface area contributed by atoms with Crippen molar-refractivity contribution in [2.75, 3.05) is 13.1 Å². The van der Waals surface area contributed by atoms with E-state index >= 15 is 0 Å². The number of nitro benzene ring substituents is 1. The van der Waals surface area contributed by atoms with Gasteiger partial charge in [-0.1, -0.05) is 0 Å². The number of likely N-dealkylation sites (tertiary alicyclic amines) is 1. The number of nitro groups is 1. The van der Waals surface area contributed by atoms with E-state index < -0.39 is 17.0 Å². The van der Waals surface area contributed by atoms with E-state index in [0.29, 0.717) is 18.7 Å². The molecule has 1 heterocycles. The zero-order valence-electron chi connectivity index (χ0n) is 13.5. The molecule has 1 amide bonds. The summed E-state index contributed by atoms with van der Waals surface area (Å²) >= 11 is 0. The molecule has 1 atom stereocenters. The Hall–Kier alpha value is -2.70. The summed E-state index contributed by atoms with van der Waals surface area (Å²) in [6, 6.07) is 5.77. The average molecular weight is 332 g/mol. The summed E-state index contributed by atoms with van der Waals surface area (Å²) in [5, 5.41) is 10.6. The molecule has 0 N–H and O–H groups in total. The Balaban J connectivity index is 1.87. The van der Waals surface area contributed by atoms with Gasteiger partial charge in [-0.15, -0.1) is 0 Å². The lowest BCUT2D eigenvalue weighted by molar-refractivity contribution is -0.384. The van der Waals surface area contributed by atoms with Crippen LogP contribution in [0.1, 0.15) is 31.7 Å². The fraction of sp³-hybridized carbons (Fsp3) is 0.412. The predicted octanol–water partition coefficient (Wildman–Crippen LogP) is 2.55. The number of carbonyl (C=O) groups excluding carboxylic acids is 2. The third kappa shape index (κ3) is 4.91. The molecule has 0 unspecified atom stereocenters. The van der Waals surface area contributed by atoms with Gasteiger partial charge in [-0.25, -0.2) is 4.79 Å². The molecule has 1 saturated heterocycles. The molecule has 7 heteroatoms. The number of rotatable bonds is 5. The molecule has 0 aliphatic carbocycles. The van der Waals surface area contributed by atoms with E-state index in [1.165, 1.54) is 36.4 Å². The van der Waals surface area contributed by atoms with Crippen molar-refractivity contribution in [1.82, 2.24) is 4.90 Å². The van der Waals surface area contributed by atoms with E-state index in [1.807, 2.05) is 0 Å². The molecule has 1 aliphatic rings. The number of ether oxygens (including phenoxy) is 1. The number of hydrogen-bond donors (Lipinski definition) is 0. The van der Waals surface area contributed by atoms with Crippen molar-refractivity contribution in [2.45, 2.75) is 32.3 Å². The van der Waals surface area contributed by atoms with Crippen LogP contribution in [0.3, 0.4) is 0 Å². The fourth-order valence-corrected chi connectivity index (χ4v) is 2.51. The number of non-ortho nitro benzene ring substituents is 1. The molecular formula is C17H20N2O5. The lowest BCUT2D eigenvalue weighted by Crippen LogP contribution is -2.42. The van der Waals surface area contributed by atoms with Crippen molar-refractivity contribution in [3.63, 3.8) is 0 Å². The van der Waals surface area contributed by atoms with E-state index in [0.717, 1.165) is 19.3 Å². The number of benzene rings is 1. The van der Waals surface area contributed by atoms with Crippen LogP contribution in [0.25, 0.3) is 6.08 Å². The second kappa shape index (κ2) is 8.24. The van der Waals surface area contributed by atoms with Gasteiger partial charge >= 0.3 is 5.97 Å². The number of hydrogen-bond acceptors (Lipinski definition) is 5. The Kier molecular flexibility index (Phi) is 6.06. The summed E-state index contributed by atoms with van der Waals surface area (Å²) in [6.07, 6.45) is 4.96. The molecule has 128 valence electrons. The Labute approximate surface area is 140 Å². The largest absolute Gasteiger partial charge is 0.449 e. The van der Waals surface area contributed by atoms with Crippen LogP contribution in [-0.4, -0.2) is 40.9 Å². The number of carbonyl (C=O) groups is 2. The van der Waals surface area contributed by atoms with Crippen LogP contribution in [0, 0.1) is 10.1 Å². The van der Waals surface area contributed by atoms with Crippen LogP contribution in [0.15, 0.2) is 30.3 Å². The van der Waals surface area contributed by atoms with Gasteiger partial charge in [0.25, 0.3) is 11.6 Å². The van der Waals surface area contributed by atoms with Crippen LogP contribution in [0.4, 0.5) is 5.69 Å². The molecule has 1 fully saturated rings. The van der Waals surface area contributed by atoms with E-state index in [-0.39, 0.29) is 11.6 Å². The summed E-state index contributed by atoms with van der Waals surface area (Å²) in [4.78, 5) is 35.8. The zero-order chi connectivity index (χ0) is 17.5. The van der Waals surface area contributed by atoms with Gasteiger partial charge in [0.15, 0.2) is 6.10 Å². The second-order valence-corrected chi connectivity index (χ2v) is 5.65. The zero-order valence-corrected chi connectivity index (χ0v) is 13.5. The molecule has 0 radical (unpaired) electrons. The fourth-order valence-electron chi connectivity index (χ4n) is 2.51. The van der Waals surface area contributed by atoms with Gasteiger partial charge in [0, 0.05) is 31.3 Å². The highest BCUT2D eigenvalue weighted by Crippen LogP contribution is 2.14. The smallest absolute Gasteiger partial charge is 0.331 e. The molecule has 1 aromatic rings. The first-order chi connectivity index (χ1) is 11.5. The first-order valence-corrected chi connectivity index (χ1v) is 7.89. The van der Waals surface area contributed by atoms with Crippen LogP contribution in [0.5, 0.6) is 0 Å².